The molecule has 0 saturated heterocycles. The van der Waals surface area contributed by atoms with Crippen LogP contribution in [0, 0.1) is 6.92 Å². The van der Waals surface area contributed by atoms with Crippen molar-refractivity contribution in [3.8, 4) is 0 Å². The molecule has 1 rings (SSSR count). The molecule has 82 valence electrons. The number of thioether (sulfide) groups is 2. The third kappa shape index (κ3) is 3.14. The van der Waals surface area contributed by atoms with Gasteiger partial charge in [-0.25, -0.2) is 4.98 Å². The second-order valence-corrected chi connectivity index (χ2v) is 4.74. The van der Waals surface area contributed by atoms with Crippen LogP contribution in [0.5, 0.6) is 0 Å². The van der Waals surface area contributed by atoms with Crippen LogP contribution in [0.3, 0.4) is 0 Å². The molecule has 1 amide bonds. The molecule has 0 bridgehead atoms. The van der Waals surface area contributed by atoms with Crippen molar-refractivity contribution < 1.29 is 4.79 Å². The Morgan fingerprint density at radius 2 is 2.13 bits per heavy atom. The summed E-state index contributed by atoms with van der Waals surface area (Å²) in [4.78, 5) is 16.4. The van der Waals surface area contributed by atoms with Crippen molar-refractivity contribution in [2.45, 2.75) is 23.3 Å². The second kappa shape index (κ2) is 5.42. The van der Waals surface area contributed by atoms with E-state index in [1.807, 2.05) is 25.5 Å². The number of carbonyl (C=O) groups excluding carboxylic acids is 1. The van der Waals surface area contributed by atoms with Crippen molar-refractivity contribution in [3.63, 3.8) is 0 Å². The van der Waals surface area contributed by atoms with Crippen molar-refractivity contribution in [3.05, 3.63) is 17.3 Å². The van der Waals surface area contributed by atoms with Crippen LogP contribution in [0.25, 0.3) is 0 Å². The SMILES string of the molecule is CSc1cc(C)nc(SC)c1CC(N)=O. The zero-order valence-electron chi connectivity index (χ0n) is 9.03. The highest BCUT2D eigenvalue weighted by atomic mass is 32.2. The van der Waals surface area contributed by atoms with Gasteiger partial charge in [0.1, 0.15) is 5.03 Å². The van der Waals surface area contributed by atoms with Crippen LogP contribution in [0.15, 0.2) is 16.0 Å². The summed E-state index contributed by atoms with van der Waals surface area (Å²) >= 11 is 3.17. The van der Waals surface area contributed by atoms with Crippen molar-refractivity contribution >= 4 is 29.4 Å². The van der Waals surface area contributed by atoms with Crippen LogP contribution in [0.2, 0.25) is 0 Å². The quantitative estimate of drug-likeness (QED) is 0.819. The monoisotopic (exact) mass is 242 g/mol. The van der Waals surface area contributed by atoms with Crippen molar-refractivity contribution in [2.75, 3.05) is 12.5 Å². The van der Waals surface area contributed by atoms with Crippen LogP contribution >= 0.6 is 23.5 Å². The van der Waals surface area contributed by atoms with Gasteiger partial charge in [-0.15, -0.1) is 23.5 Å². The molecular formula is C10H14N2OS2. The number of hydrogen-bond acceptors (Lipinski definition) is 4. The lowest BCUT2D eigenvalue weighted by Gasteiger charge is -2.10. The third-order valence-electron chi connectivity index (χ3n) is 1.94. The molecule has 0 aliphatic carbocycles. The number of pyridine rings is 1. The van der Waals surface area contributed by atoms with E-state index in [4.69, 9.17) is 5.73 Å². The molecule has 0 aliphatic heterocycles. The number of amides is 1. The number of aromatic nitrogens is 1. The maximum atomic E-state index is 11.0. The number of nitrogens with two attached hydrogens (primary N) is 1. The predicted octanol–water partition coefficient (Wildman–Crippen LogP) is 1.86. The number of primary amides is 1. The van der Waals surface area contributed by atoms with Gasteiger partial charge in [0, 0.05) is 16.2 Å². The van der Waals surface area contributed by atoms with Crippen LogP contribution < -0.4 is 5.73 Å². The zero-order valence-corrected chi connectivity index (χ0v) is 10.7. The van der Waals surface area contributed by atoms with E-state index in [1.165, 1.54) is 0 Å². The Morgan fingerprint density at radius 3 is 2.60 bits per heavy atom. The van der Waals surface area contributed by atoms with E-state index in [9.17, 15) is 4.79 Å². The summed E-state index contributed by atoms with van der Waals surface area (Å²) in [6.07, 6.45) is 4.21. The highest BCUT2D eigenvalue weighted by Crippen LogP contribution is 2.28. The summed E-state index contributed by atoms with van der Waals surface area (Å²) < 4.78 is 0. The Morgan fingerprint density at radius 1 is 1.47 bits per heavy atom. The van der Waals surface area contributed by atoms with Crippen molar-refractivity contribution in [1.82, 2.24) is 4.98 Å². The van der Waals surface area contributed by atoms with E-state index in [0.29, 0.717) is 0 Å². The summed E-state index contributed by atoms with van der Waals surface area (Å²) in [5, 5.41) is 0.901. The number of rotatable bonds is 4. The van der Waals surface area contributed by atoms with E-state index in [-0.39, 0.29) is 12.3 Å². The fourth-order valence-electron chi connectivity index (χ4n) is 1.33. The summed E-state index contributed by atoms with van der Waals surface area (Å²) in [5.41, 5.74) is 7.15. The van der Waals surface area contributed by atoms with Crippen LogP contribution in [0.1, 0.15) is 11.3 Å². The fraction of sp³-hybridized carbons (Fsp3) is 0.400. The first-order valence-corrected chi connectivity index (χ1v) is 6.90. The molecule has 0 saturated carbocycles. The molecule has 0 atom stereocenters. The molecule has 0 aromatic carbocycles. The van der Waals surface area contributed by atoms with E-state index in [0.717, 1.165) is 21.2 Å². The summed E-state index contributed by atoms with van der Waals surface area (Å²) in [6, 6.07) is 1.99. The van der Waals surface area contributed by atoms with Gasteiger partial charge in [0.15, 0.2) is 0 Å². The summed E-state index contributed by atoms with van der Waals surface area (Å²) in [7, 11) is 0. The van der Waals surface area contributed by atoms with E-state index >= 15 is 0 Å². The predicted molar refractivity (Wildman–Crippen MR) is 65.4 cm³/mol. The first-order chi connectivity index (χ1) is 7.08. The van der Waals surface area contributed by atoms with Gasteiger partial charge < -0.3 is 5.73 Å². The van der Waals surface area contributed by atoms with E-state index in [2.05, 4.69) is 4.98 Å². The Kier molecular flexibility index (Phi) is 4.47. The number of carbonyl (C=O) groups is 1. The van der Waals surface area contributed by atoms with Gasteiger partial charge in [-0.2, -0.15) is 0 Å². The Balaban J connectivity index is 3.23. The Bertz CT molecular complexity index is 355. The van der Waals surface area contributed by atoms with Crippen LogP contribution in [-0.4, -0.2) is 23.4 Å². The van der Waals surface area contributed by atoms with Crippen molar-refractivity contribution in [2.24, 2.45) is 5.73 Å². The van der Waals surface area contributed by atoms with E-state index < -0.39 is 0 Å². The first-order valence-electron chi connectivity index (χ1n) is 4.45. The highest BCUT2D eigenvalue weighted by Gasteiger charge is 2.12. The molecule has 2 N–H and O–H groups in total. The Hall–Kier alpha value is -0.680. The molecule has 15 heavy (non-hydrogen) atoms. The molecule has 0 fully saturated rings. The molecule has 0 spiro atoms. The standard InChI is InChI=1S/C10H14N2OS2/c1-6-4-8(14-2)7(5-9(11)13)10(12-6)15-3/h4H,5H2,1-3H3,(H2,11,13). The van der Waals surface area contributed by atoms with Crippen LogP contribution in [0.4, 0.5) is 0 Å². The maximum absolute atomic E-state index is 11.0. The smallest absolute Gasteiger partial charge is 0.221 e. The first kappa shape index (κ1) is 12.4. The second-order valence-electron chi connectivity index (χ2n) is 3.10. The summed E-state index contributed by atoms with van der Waals surface area (Å²) in [5.74, 6) is -0.314. The normalized spacial score (nSPS) is 10.3. The van der Waals surface area contributed by atoms with Gasteiger partial charge in [0.25, 0.3) is 0 Å². The van der Waals surface area contributed by atoms with Crippen LogP contribution in [-0.2, 0) is 11.2 Å². The minimum atomic E-state index is -0.314. The van der Waals surface area contributed by atoms with Gasteiger partial charge in [-0.05, 0) is 25.5 Å². The lowest BCUT2D eigenvalue weighted by Crippen LogP contribution is -2.15. The van der Waals surface area contributed by atoms with Gasteiger partial charge in [0.2, 0.25) is 5.91 Å². The molecule has 1 heterocycles. The molecule has 0 aliphatic rings. The molecule has 5 heteroatoms. The van der Waals surface area contributed by atoms with Gasteiger partial charge in [0.05, 0.1) is 6.42 Å². The average Bonchev–Trinajstić information content (AvgIpc) is 2.19. The maximum Gasteiger partial charge on any atom is 0.221 e. The molecule has 0 radical (unpaired) electrons. The Labute approximate surface area is 98.2 Å². The number of hydrogen-bond donors (Lipinski definition) is 1. The van der Waals surface area contributed by atoms with Gasteiger partial charge in [-0.1, -0.05) is 0 Å². The molecule has 3 nitrogen and oxygen atoms in total. The lowest BCUT2D eigenvalue weighted by molar-refractivity contribution is -0.117. The van der Waals surface area contributed by atoms with Gasteiger partial charge >= 0.3 is 0 Å². The fourth-order valence-corrected chi connectivity index (χ4v) is 2.76. The average molecular weight is 242 g/mol. The highest BCUT2D eigenvalue weighted by molar-refractivity contribution is 7.99. The molecule has 0 unspecified atom stereocenters. The molecular weight excluding hydrogens is 228 g/mol. The lowest BCUT2D eigenvalue weighted by atomic mass is 10.2. The third-order valence-corrected chi connectivity index (χ3v) is 3.47. The minimum Gasteiger partial charge on any atom is -0.369 e. The van der Waals surface area contributed by atoms with Gasteiger partial charge in [-0.3, -0.25) is 4.79 Å². The van der Waals surface area contributed by atoms with Crippen molar-refractivity contribution in [1.29, 1.82) is 0 Å². The minimum absolute atomic E-state index is 0.264. The molecule has 1 aromatic heterocycles. The van der Waals surface area contributed by atoms with E-state index in [1.54, 1.807) is 23.5 Å². The topological polar surface area (TPSA) is 56.0 Å². The molecule has 1 aromatic rings. The zero-order chi connectivity index (χ0) is 11.4. The number of nitrogens with zero attached hydrogens (tertiary/aromatic N) is 1. The largest absolute Gasteiger partial charge is 0.369 e. The summed E-state index contributed by atoms with van der Waals surface area (Å²) in [6.45, 7) is 1.95. The number of aryl methyl sites for hydroxylation is 1.